The van der Waals surface area contributed by atoms with Crippen LogP contribution < -0.4 is 10.6 Å². The summed E-state index contributed by atoms with van der Waals surface area (Å²) in [6.45, 7) is 4.80. The molecular weight excluding hydrogens is 228 g/mol. The average molecular weight is 246 g/mol. The molecule has 1 heterocycles. The van der Waals surface area contributed by atoms with Gasteiger partial charge in [-0.1, -0.05) is 26.0 Å². The molecule has 96 valence electrons. The molecule has 1 aromatic carbocycles. The van der Waals surface area contributed by atoms with Crippen molar-refractivity contribution in [2.24, 2.45) is 0 Å². The summed E-state index contributed by atoms with van der Waals surface area (Å²) in [6.07, 6.45) is 2.20. The summed E-state index contributed by atoms with van der Waals surface area (Å²) in [7, 11) is 0. The highest BCUT2D eigenvalue weighted by atomic mass is 16.1. The van der Waals surface area contributed by atoms with Crippen LogP contribution in [0.5, 0.6) is 0 Å². The summed E-state index contributed by atoms with van der Waals surface area (Å²) in [4.78, 5) is 11.8. The van der Waals surface area contributed by atoms with Gasteiger partial charge in [0.15, 0.2) is 0 Å². The third kappa shape index (κ3) is 3.07. The molecule has 0 saturated carbocycles. The van der Waals surface area contributed by atoms with Crippen LogP contribution in [0.2, 0.25) is 0 Å². The molecule has 0 atom stereocenters. The van der Waals surface area contributed by atoms with Crippen LogP contribution in [0, 0.1) is 0 Å². The normalized spacial score (nSPS) is 11.1. The van der Waals surface area contributed by atoms with Crippen LogP contribution in [0.1, 0.15) is 20.3 Å². The van der Waals surface area contributed by atoms with Gasteiger partial charge < -0.3 is 10.6 Å². The van der Waals surface area contributed by atoms with E-state index in [0.717, 1.165) is 16.6 Å². The topological polar surface area (TPSA) is 69.8 Å². The van der Waals surface area contributed by atoms with Gasteiger partial charge in [-0.2, -0.15) is 5.10 Å². The predicted molar refractivity (Wildman–Crippen MR) is 72.5 cm³/mol. The lowest BCUT2D eigenvalue weighted by atomic mass is 10.2. The minimum Gasteiger partial charge on any atom is -0.324 e. The Bertz CT molecular complexity index is 533. The van der Waals surface area contributed by atoms with Gasteiger partial charge in [0.2, 0.25) is 5.91 Å². The molecule has 1 amide bonds. The Balaban J connectivity index is 1.96. The van der Waals surface area contributed by atoms with E-state index in [4.69, 9.17) is 0 Å². The molecule has 5 nitrogen and oxygen atoms in total. The molecule has 0 saturated heterocycles. The van der Waals surface area contributed by atoms with Crippen LogP contribution in [0.15, 0.2) is 24.4 Å². The zero-order chi connectivity index (χ0) is 13.0. The molecular formula is C13H18N4O. The molecule has 0 aliphatic rings. The zero-order valence-electron chi connectivity index (χ0n) is 10.7. The standard InChI is InChI=1S/C13H18N4O/c1-9(2)14-7-6-12(18)16-11-5-3-4-10-8-15-17-13(10)11/h3-5,8-9,14H,6-7H2,1-2H3,(H,15,17)(H,16,18). The third-order valence-corrected chi connectivity index (χ3v) is 2.66. The summed E-state index contributed by atoms with van der Waals surface area (Å²) in [5.74, 6) is 0.00486. The average Bonchev–Trinajstić information content (AvgIpc) is 2.77. The molecule has 0 fully saturated rings. The summed E-state index contributed by atoms with van der Waals surface area (Å²) in [5, 5.41) is 14.0. The Labute approximate surface area is 106 Å². The number of H-pyrrole nitrogens is 1. The molecule has 0 bridgehead atoms. The summed E-state index contributed by atoms with van der Waals surface area (Å²) in [5.41, 5.74) is 1.64. The summed E-state index contributed by atoms with van der Waals surface area (Å²) >= 11 is 0. The number of rotatable bonds is 5. The fourth-order valence-corrected chi connectivity index (χ4v) is 1.76. The zero-order valence-corrected chi connectivity index (χ0v) is 10.7. The van der Waals surface area contributed by atoms with E-state index in [1.165, 1.54) is 0 Å². The minimum absolute atomic E-state index is 0.00486. The van der Waals surface area contributed by atoms with Gasteiger partial charge in [-0.05, 0) is 6.07 Å². The largest absolute Gasteiger partial charge is 0.324 e. The van der Waals surface area contributed by atoms with Crippen LogP contribution in [-0.2, 0) is 4.79 Å². The Morgan fingerprint density at radius 3 is 3.06 bits per heavy atom. The van der Waals surface area contributed by atoms with Crippen LogP contribution in [-0.4, -0.2) is 28.7 Å². The number of carbonyl (C=O) groups excluding carboxylic acids is 1. The van der Waals surface area contributed by atoms with Gasteiger partial charge in [-0.15, -0.1) is 0 Å². The van der Waals surface area contributed by atoms with Gasteiger partial charge in [-0.25, -0.2) is 0 Å². The Kier molecular flexibility index (Phi) is 3.94. The van der Waals surface area contributed by atoms with E-state index < -0.39 is 0 Å². The molecule has 2 aromatic rings. The van der Waals surface area contributed by atoms with Crippen molar-refractivity contribution in [1.82, 2.24) is 15.5 Å². The predicted octanol–water partition coefficient (Wildman–Crippen LogP) is 1.89. The first kappa shape index (κ1) is 12.6. The van der Waals surface area contributed by atoms with Gasteiger partial charge in [0.25, 0.3) is 0 Å². The van der Waals surface area contributed by atoms with Gasteiger partial charge in [0.05, 0.1) is 17.4 Å². The third-order valence-electron chi connectivity index (χ3n) is 2.66. The van der Waals surface area contributed by atoms with Crippen molar-refractivity contribution in [2.45, 2.75) is 26.3 Å². The first-order chi connectivity index (χ1) is 8.66. The first-order valence-electron chi connectivity index (χ1n) is 6.12. The molecule has 0 aliphatic heterocycles. The molecule has 1 aromatic heterocycles. The molecule has 0 radical (unpaired) electrons. The Hall–Kier alpha value is -1.88. The van der Waals surface area contributed by atoms with Gasteiger partial charge in [0, 0.05) is 24.4 Å². The second-order valence-electron chi connectivity index (χ2n) is 4.55. The number of nitrogens with zero attached hydrogens (tertiary/aromatic N) is 1. The van der Waals surface area contributed by atoms with E-state index in [1.807, 2.05) is 18.2 Å². The molecule has 3 N–H and O–H groups in total. The van der Waals surface area contributed by atoms with Crippen LogP contribution in [0.3, 0.4) is 0 Å². The van der Waals surface area contributed by atoms with Crippen molar-refractivity contribution < 1.29 is 4.79 Å². The number of hydrogen-bond acceptors (Lipinski definition) is 3. The highest BCUT2D eigenvalue weighted by Gasteiger charge is 2.06. The number of anilines is 1. The van der Waals surface area contributed by atoms with E-state index >= 15 is 0 Å². The number of nitrogens with one attached hydrogen (secondary N) is 3. The van der Waals surface area contributed by atoms with Crippen molar-refractivity contribution in [1.29, 1.82) is 0 Å². The lowest BCUT2D eigenvalue weighted by molar-refractivity contribution is -0.116. The number of amides is 1. The van der Waals surface area contributed by atoms with Gasteiger partial charge in [0.1, 0.15) is 0 Å². The van der Waals surface area contributed by atoms with Crippen LogP contribution >= 0.6 is 0 Å². The fourth-order valence-electron chi connectivity index (χ4n) is 1.76. The Morgan fingerprint density at radius 1 is 1.44 bits per heavy atom. The number of benzene rings is 1. The van der Waals surface area contributed by atoms with Gasteiger partial charge >= 0.3 is 0 Å². The second kappa shape index (κ2) is 5.64. The highest BCUT2D eigenvalue weighted by Crippen LogP contribution is 2.20. The van der Waals surface area contributed by atoms with Crippen molar-refractivity contribution in [3.05, 3.63) is 24.4 Å². The number of para-hydroxylation sites is 1. The van der Waals surface area contributed by atoms with Crippen LogP contribution in [0.25, 0.3) is 10.9 Å². The molecule has 0 aliphatic carbocycles. The van der Waals surface area contributed by atoms with Crippen molar-refractivity contribution >= 4 is 22.5 Å². The lowest BCUT2D eigenvalue weighted by Gasteiger charge is -2.09. The Morgan fingerprint density at radius 2 is 2.28 bits per heavy atom. The highest BCUT2D eigenvalue weighted by molar-refractivity contribution is 6.00. The molecule has 18 heavy (non-hydrogen) atoms. The van der Waals surface area contributed by atoms with E-state index in [1.54, 1.807) is 6.20 Å². The van der Waals surface area contributed by atoms with Crippen molar-refractivity contribution in [3.63, 3.8) is 0 Å². The number of fused-ring (bicyclic) bond motifs is 1. The summed E-state index contributed by atoms with van der Waals surface area (Å²) in [6, 6.07) is 6.12. The quantitative estimate of drug-likeness (QED) is 0.754. The van der Waals surface area contributed by atoms with Gasteiger partial charge in [-0.3, -0.25) is 9.89 Å². The summed E-state index contributed by atoms with van der Waals surface area (Å²) < 4.78 is 0. The molecule has 2 rings (SSSR count). The number of hydrogen-bond donors (Lipinski definition) is 3. The van der Waals surface area contributed by atoms with E-state index in [9.17, 15) is 4.79 Å². The number of carbonyl (C=O) groups is 1. The maximum atomic E-state index is 11.8. The molecule has 0 spiro atoms. The van der Waals surface area contributed by atoms with Crippen molar-refractivity contribution in [2.75, 3.05) is 11.9 Å². The number of aromatic nitrogens is 2. The van der Waals surface area contributed by atoms with E-state index in [2.05, 4.69) is 34.7 Å². The maximum absolute atomic E-state index is 11.8. The smallest absolute Gasteiger partial charge is 0.225 e. The fraction of sp³-hybridized carbons (Fsp3) is 0.385. The second-order valence-corrected chi connectivity index (χ2v) is 4.55. The minimum atomic E-state index is 0.00486. The SMILES string of the molecule is CC(C)NCCC(=O)Nc1cccc2cn[nH]c12. The van der Waals surface area contributed by atoms with Crippen LogP contribution in [0.4, 0.5) is 5.69 Å². The maximum Gasteiger partial charge on any atom is 0.225 e. The monoisotopic (exact) mass is 246 g/mol. The number of aromatic amines is 1. The molecule has 0 unspecified atom stereocenters. The van der Waals surface area contributed by atoms with E-state index in [-0.39, 0.29) is 5.91 Å². The first-order valence-corrected chi connectivity index (χ1v) is 6.12. The van der Waals surface area contributed by atoms with Crippen molar-refractivity contribution in [3.8, 4) is 0 Å². The van der Waals surface area contributed by atoms with E-state index in [0.29, 0.717) is 19.0 Å². The molecule has 5 heteroatoms. The lowest BCUT2D eigenvalue weighted by Crippen LogP contribution is -2.27.